The highest BCUT2D eigenvalue weighted by Crippen LogP contribution is 2.35. The van der Waals surface area contributed by atoms with Crippen molar-refractivity contribution in [3.63, 3.8) is 0 Å². The van der Waals surface area contributed by atoms with Crippen molar-refractivity contribution in [3.05, 3.63) is 23.0 Å². The first-order valence-corrected chi connectivity index (χ1v) is 5.94. The van der Waals surface area contributed by atoms with Crippen LogP contribution in [0.5, 0.6) is 0 Å². The molecule has 1 N–H and O–H groups in total. The average molecular weight is 251 g/mol. The summed E-state index contributed by atoms with van der Waals surface area (Å²) in [4.78, 5) is 0.00245. The lowest BCUT2D eigenvalue weighted by molar-refractivity contribution is 0.481. The van der Waals surface area contributed by atoms with Crippen LogP contribution in [0.1, 0.15) is 0 Å². The third-order valence-electron chi connectivity index (χ3n) is 2.22. The van der Waals surface area contributed by atoms with Gasteiger partial charge in [-0.05, 0) is 12.1 Å². The van der Waals surface area contributed by atoms with Crippen LogP contribution < -0.4 is 5.32 Å². The summed E-state index contributed by atoms with van der Waals surface area (Å²) in [7, 11) is -2.11. The molecule has 0 fully saturated rings. The zero-order chi connectivity index (χ0) is 11.2. The first-order valence-electron chi connectivity index (χ1n) is 4.13. The molecule has 0 atom stereocenters. The van der Waals surface area contributed by atoms with Crippen LogP contribution in [-0.2, 0) is 10.0 Å². The lowest BCUT2D eigenvalue weighted by atomic mass is 10.3. The Morgan fingerprint density at radius 2 is 2.20 bits per heavy atom. The van der Waals surface area contributed by atoms with E-state index in [9.17, 15) is 12.8 Å². The summed E-state index contributed by atoms with van der Waals surface area (Å²) in [5.74, 6) is -0.636. The van der Waals surface area contributed by atoms with Gasteiger partial charge in [0.15, 0.2) is 0 Å². The third-order valence-corrected chi connectivity index (χ3v) is 4.44. The van der Waals surface area contributed by atoms with Gasteiger partial charge in [-0.1, -0.05) is 11.6 Å². The number of nitrogens with zero attached hydrogens (tertiary/aromatic N) is 1. The Bertz CT molecular complexity index is 518. The van der Waals surface area contributed by atoms with Gasteiger partial charge in [0.2, 0.25) is 10.0 Å². The normalized spacial score (nSPS) is 19.4. The molecule has 0 saturated heterocycles. The lowest BCUT2D eigenvalue weighted by Crippen LogP contribution is -2.36. The number of hydrogen-bond acceptors (Lipinski definition) is 3. The molecule has 0 aromatic heterocycles. The molecule has 0 aliphatic carbocycles. The molecule has 0 bridgehead atoms. The third kappa shape index (κ3) is 1.49. The summed E-state index contributed by atoms with van der Waals surface area (Å²) in [5.41, 5.74) is 0.134. The minimum atomic E-state index is -3.54. The molecular formula is C8H8ClFN2O2S. The van der Waals surface area contributed by atoms with Gasteiger partial charge in [-0.3, -0.25) is 0 Å². The molecule has 0 amide bonds. The van der Waals surface area contributed by atoms with Gasteiger partial charge in [0, 0.05) is 7.05 Å². The Morgan fingerprint density at radius 3 is 2.87 bits per heavy atom. The van der Waals surface area contributed by atoms with Gasteiger partial charge < -0.3 is 5.32 Å². The molecule has 2 rings (SSSR count). The van der Waals surface area contributed by atoms with Crippen LogP contribution in [0.4, 0.5) is 10.1 Å². The zero-order valence-electron chi connectivity index (χ0n) is 7.79. The van der Waals surface area contributed by atoms with Crippen LogP contribution in [0.25, 0.3) is 0 Å². The Morgan fingerprint density at radius 1 is 1.53 bits per heavy atom. The lowest BCUT2D eigenvalue weighted by Gasteiger charge is -2.26. The van der Waals surface area contributed by atoms with Crippen LogP contribution in [-0.4, -0.2) is 26.4 Å². The smallest absolute Gasteiger partial charge is 0.246 e. The second-order valence-corrected chi connectivity index (χ2v) is 5.56. The topological polar surface area (TPSA) is 49.4 Å². The fraction of sp³-hybridized carbons (Fsp3) is 0.250. The molecule has 1 aromatic carbocycles. The van der Waals surface area contributed by atoms with E-state index in [-0.39, 0.29) is 22.3 Å². The minimum Gasteiger partial charge on any atom is -0.369 e. The van der Waals surface area contributed by atoms with E-state index in [0.29, 0.717) is 0 Å². The maximum Gasteiger partial charge on any atom is 0.246 e. The fourth-order valence-corrected chi connectivity index (χ4v) is 2.89. The van der Waals surface area contributed by atoms with Gasteiger partial charge >= 0.3 is 0 Å². The van der Waals surface area contributed by atoms with E-state index < -0.39 is 15.8 Å². The molecule has 0 unspecified atom stereocenters. The molecule has 82 valence electrons. The number of nitrogens with one attached hydrogen (secondary N) is 1. The molecule has 0 saturated carbocycles. The predicted octanol–water partition coefficient (Wildman–Crippen LogP) is 1.48. The number of benzene rings is 1. The monoisotopic (exact) mass is 250 g/mol. The van der Waals surface area contributed by atoms with E-state index in [1.807, 2.05) is 0 Å². The van der Waals surface area contributed by atoms with Gasteiger partial charge in [0.1, 0.15) is 15.7 Å². The van der Waals surface area contributed by atoms with Crippen molar-refractivity contribution in [2.24, 2.45) is 0 Å². The largest absolute Gasteiger partial charge is 0.369 e. The summed E-state index contributed by atoms with van der Waals surface area (Å²) in [6.07, 6.45) is 0. The predicted molar refractivity (Wildman–Crippen MR) is 54.8 cm³/mol. The first-order chi connectivity index (χ1) is 6.94. The minimum absolute atomic E-state index is 0.00245. The molecule has 1 aliphatic heterocycles. The quantitative estimate of drug-likeness (QED) is 0.759. The molecule has 15 heavy (non-hydrogen) atoms. The van der Waals surface area contributed by atoms with Crippen molar-refractivity contribution < 1.29 is 12.8 Å². The summed E-state index contributed by atoms with van der Waals surface area (Å²) in [6, 6.07) is 2.24. The van der Waals surface area contributed by atoms with Gasteiger partial charge in [-0.25, -0.2) is 12.8 Å². The summed E-state index contributed by atoms with van der Waals surface area (Å²) >= 11 is 5.67. The van der Waals surface area contributed by atoms with Crippen LogP contribution >= 0.6 is 11.6 Å². The zero-order valence-corrected chi connectivity index (χ0v) is 9.36. The van der Waals surface area contributed by atoms with Crippen LogP contribution in [0.3, 0.4) is 0 Å². The Kier molecular flexibility index (Phi) is 2.37. The molecule has 0 radical (unpaired) electrons. The second kappa shape index (κ2) is 3.33. The number of sulfonamides is 1. The number of fused-ring (bicyclic) bond motifs is 1. The summed E-state index contributed by atoms with van der Waals surface area (Å²) in [6.45, 7) is 0.0819. The van der Waals surface area contributed by atoms with Crippen LogP contribution in [0.15, 0.2) is 17.0 Å². The van der Waals surface area contributed by atoms with E-state index in [2.05, 4.69) is 5.32 Å². The van der Waals surface area contributed by atoms with Crippen molar-refractivity contribution >= 4 is 27.3 Å². The Balaban J connectivity index is 2.74. The van der Waals surface area contributed by atoms with Crippen LogP contribution in [0.2, 0.25) is 5.02 Å². The molecular weight excluding hydrogens is 243 g/mol. The van der Waals surface area contributed by atoms with Crippen molar-refractivity contribution in [3.8, 4) is 0 Å². The van der Waals surface area contributed by atoms with Crippen molar-refractivity contribution in [2.75, 3.05) is 19.0 Å². The van der Waals surface area contributed by atoms with Crippen molar-refractivity contribution in [1.29, 1.82) is 0 Å². The van der Waals surface area contributed by atoms with E-state index in [1.54, 1.807) is 0 Å². The summed E-state index contributed by atoms with van der Waals surface area (Å²) < 4.78 is 37.7. The number of rotatable bonds is 0. The average Bonchev–Trinajstić information content (AvgIpc) is 2.17. The maximum atomic E-state index is 13.1. The van der Waals surface area contributed by atoms with E-state index >= 15 is 0 Å². The van der Waals surface area contributed by atoms with Crippen molar-refractivity contribution in [1.82, 2.24) is 4.31 Å². The van der Waals surface area contributed by atoms with Gasteiger partial charge in [0.25, 0.3) is 0 Å². The SMILES string of the molecule is CN1CNc2c(ccc(F)c2Cl)S1(=O)=O. The van der Waals surface area contributed by atoms with Gasteiger partial charge in [-0.15, -0.1) is 0 Å². The highest BCUT2D eigenvalue weighted by molar-refractivity contribution is 7.89. The highest BCUT2D eigenvalue weighted by atomic mass is 35.5. The number of anilines is 1. The molecule has 0 spiro atoms. The van der Waals surface area contributed by atoms with Gasteiger partial charge in [0.05, 0.1) is 12.4 Å². The number of halogens is 2. The molecule has 4 nitrogen and oxygen atoms in total. The number of hydrogen-bond donors (Lipinski definition) is 1. The Hall–Kier alpha value is -0.850. The van der Waals surface area contributed by atoms with Crippen LogP contribution in [0, 0.1) is 5.82 Å². The maximum absolute atomic E-state index is 13.1. The molecule has 7 heteroatoms. The van der Waals surface area contributed by atoms with Gasteiger partial charge in [-0.2, -0.15) is 4.31 Å². The molecule has 1 aromatic rings. The summed E-state index contributed by atoms with van der Waals surface area (Å²) in [5, 5.41) is 2.56. The Labute approximate surface area is 91.7 Å². The fourth-order valence-electron chi connectivity index (χ4n) is 1.36. The van der Waals surface area contributed by atoms with Crippen molar-refractivity contribution in [2.45, 2.75) is 4.90 Å². The van der Waals surface area contributed by atoms with E-state index in [1.165, 1.54) is 13.1 Å². The van der Waals surface area contributed by atoms with E-state index in [4.69, 9.17) is 11.6 Å². The molecule has 1 aliphatic rings. The second-order valence-electron chi connectivity index (χ2n) is 3.17. The van der Waals surface area contributed by atoms with E-state index in [0.717, 1.165) is 10.4 Å². The highest BCUT2D eigenvalue weighted by Gasteiger charge is 2.30. The standard InChI is InChI=1S/C8H8ClFN2O2S/c1-12-4-11-8-6(15(12,13)14)3-2-5(10)7(8)9/h2-3,11H,4H2,1H3. The molecule has 1 heterocycles. The first kappa shape index (κ1) is 10.7.